The molecule has 1 aliphatic carbocycles. The topological polar surface area (TPSA) is 78.1 Å². The molecule has 0 radical (unpaired) electrons. The van der Waals surface area contributed by atoms with Crippen LogP contribution in [-0.4, -0.2) is 35.1 Å². The van der Waals surface area contributed by atoms with E-state index in [9.17, 15) is 9.59 Å². The minimum atomic E-state index is -0.390. The highest BCUT2D eigenvalue weighted by Gasteiger charge is 2.37. The molecular formula is C23H28N4O2S. The number of hydrogen-bond acceptors (Lipinski definition) is 6. The molecule has 0 fully saturated rings. The number of hydrogen-bond donors (Lipinski definition) is 2. The molecule has 2 N–H and O–H groups in total. The van der Waals surface area contributed by atoms with Crippen LogP contribution in [0.15, 0.2) is 45.5 Å². The highest BCUT2D eigenvalue weighted by Crippen LogP contribution is 2.43. The molecule has 1 aliphatic heterocycles. The van der Waals surface area contributed by atoms with Crippen LogP contribution in [0.2, 0.25) is 0 Å². The molecule has 0 spiro atoms. The molecule has 0 amide bonds. The van der Waals surface area contributed by atoms with Crippen molar-refractivity contribution in [3.05, 3.63) is 57.0 Å². The van der Waals surface area contributed by atoms with Gasteiger partial charge in [-0.2, -0.15) is 0 Å². The fraction of sp³-hybridized carbons (Fsp3) is 0.435. The van der Waals surface area contributed by atoms with E-state index in [4.69, 9.17) is 4.98 Å². The normalized spacial score (nSPS) is 19.1. The van der Waals surface area contributed by atoms with Crippen LogP contribution in [0.5, 0.6) is 0 Å². The Balaban J connectivity index is 1.85. The molecule has 1 aromatic carbocycles. The molecule has 0 bridgehead atoms. The monoisotopic (exact) mass is 424 g/mol. The summed E-state index contributed by atoms with van der Waals surface area (Å²) in [4.78, 5) is 35.8. The Hall–Kier alpha value is -2.54. The molecule has 0 saturated heterocycles. The van der Waals surface area contributed by atoms with Crippen LogP contribution in [0.4, 0.5) is 11.5 Å². The second-order valence-corrected chi connectivity index (χ2v) is 9.61. The van der Waals surface area contributed by atoms with Gasteiger partial charge >= 0.3 is 0 Å². The number of H-pyrrole nitrogens is 1. The summed E-state index contributed by atoms with van der Waals surface area (Å²) >= 11 is 1.57. The summed E-state index contributed by atoms with van der Waals surface area (Å²) in [6, 6.07) is 8.09. The summed E-state index contributed by atoms with van der Waals surface area (Å²) in [5, 5.41) is 4.31. The second kappa shape index (κ2) is 8.30. The van der Waals surface area contributed by atoms with Crippen LogP contribution in [0.3, 0.4) is 0 Å². The Labute approximate surface area is 181 Å². The van der Waals surface area contributed by atoms with E-state index in [0.29, 0.717) is 28.2 Å². The zero-order chi connectivity index (χ0) is 21.4. The molecule has 4 rings (SSSR count). The Morgan fingerprint density at radius 2 is 1.93 bits per heavy atom. The maximum Gasteiger partial charge on any atom is 0.257 e. The van der Waals surface area contributed by atoms with Crippen molar-refractivity contribution >= 4 is 29.1 Å². The SMILES string of the molecule is CC[C@H](C)Sc1nc2c(c(=O)[nH]1)[C@@H](c1ccc(N(C)C)cc1)C1=C(CCCC1=O)N2. The molecule has 2 aliphatic rings. The van der Waals surface area contributed by atoms with Crippen molar-refractivity contribution in [3.63, 3.8) is 0 Å². The number of nitrogens with one attached hydrogen (secondary N) is 2. The van der Waals surface area contributed by atoms with Gasteiger partial charge in [0, 0.05) is 48.6 Å². The van der Waals surface area contributed by atoms with Gasteiger partial charge in [-0.3, -0.25) is 9.59 Å². The number of rotatable bonds is 5. The lowest BCUT2D eigenvalue weighted by Gasteiger charge is -2.33. The van der Waals surface area contributed by atoms with E-state index in [-0.39, 0.29) is 17.3 Å². The fourth-order valence-electron chi connectivity index (χ4n) is 4.07. The smallest absolute Gasteiger partial charge is 0.257 e. The predicted octanol–water partition coefficient (Wildman–Crippen LogP) is 4.29. The summed E-state index contributed by atoms with van der Waals surface area (Å²) in [5.41, 5.74) is 4.02. The van der Waals surface area contributed by atoms with E-state index < -0.39 is 0 Å². The third kappa shape index (κ3) is 3.78. The zero-order valence-electron chi connectivity index (χ0n) is 17.9. The molecule has 2 atom stereocenters. The first-order valence-corrected chi connectivity index (χ1v) is 11.4. The largest absolute Gasteiger partial charge is 0.378 e. The lowest BCUT2D eigenvalue weighted by Crippen LogP contribution is -2.32. The molecule has 2 aromatic rings. The summed E-state index contributed by atoms with van der Waals surface area (Å²) in [6.07, 6.45) is 3.14. The van der Waals surface area contributed by atoms with Gasteiger partial charge in [-0.15, -0.1) is 0 Å². The van der Waals surface area contributed by atoms with Crippen LogP contribution in [0, 0.1) is 0 Å². The van der Waals surface area contributed by atoms with Gasteiger partial charge in [-0.05, 0) is 37.0 Å². The van der Waals surface area contributed by atoms with Crippen LogP contribution in [0.25, 0.3) is 0 Å². The minimum Gasteiger partial charge on any atom is -0.378 e. The van der Waals surface area contributed by atoms with Gasteiger partial charge < -0.3 is 15.2 Å². The van der Waals surface area contributed by atoms with E-state index in [1.807, 2.05) is 43.3 Å². The number of allylic oxidation sites excluding steroid dienone is 2. The third-order valence-electron chi connectivity index (χ3n) is 5.87. The molecule has 6 nitrogen and oxygen atoms in total. The molecule has 1 aromatic heterocycles. The standard InChI is InChI=1S/C23H28N4O2S/c1-5-13(2)30-23-25-21-20(22(29)26-23)18(14-9-11-15(12-10-14)27(3)4)19-16(24-21)7-6-8-17(19)28/h9-13,18H,5-8H2,1-4H3,(H2,24,25,26,29)/t13-,18-/m0/s1. The first kappa shape index (κ1) is 20.7. The van der Waals surface area contributed by atoms with E-state index in [2.05, 4.69) is 24.1 Å². The number of aromatic amines is 1. The van der Waals surface area contributed by atoms with Gasteiger partial charge in [0.15, 0.2) is 10.9 Å². The van der Waals surface area contributed by atoms with Crippen molar-refractivity contribution in [3.8, 4) is 0 Å². The number of benzene rings is 1. The summed E-state index contributed by atoms with van der Waals surface area (Å²) in [5.74, 6) is 0.312. The van der Waals surface area contributed by atoms with Gasteiger partial charge in [0.2, 0.25) is 0 Å². The lowest BCUT2D eigenvalue weighted by atomic mass is 9.76. The van der Waals surface area contributed by atoms with Gasteiger partial charge in [-0.1, -0.05) is 37.7 Å². The van der Waals surface area contributed by atoms with Crippen molar-refractivity contribution in [2.24, 2.45) is 0 Å². The van der Waals surface area contributed by atoms with Crippen molar-refractivity contribution in [2.45, 2.75) is 55.9 Å². The number of anilines is 2. The summed E-state index contributed by atoms with van der Waals surface area (Å²) < 4.78 is 0. The van der Waals surface area contributed by atoms with Gasteiger partial charge in [0.05, 0.1) is 5.56 Å². The average molecular weight is 425 g/mol. The van der Waals surface area contributed by atoms with Crippen molar-refractivity contribution in [1.29, 1.82) is 0 Å². The highest BCUT2D eigenvalue weighted by atomic mass is 32.2. The molecular weight excluding hydrogens is 396 g/mol. The van der Waals surface area contributed by atoms with Crippen LogP contribution >= 0.6 is 11.8 Å². The fourth-order valence-corrected chi connectivity index (χ4v) is 4.91. The van der Waals surface area contributed by atoms with E-state index in [1.54, 1.807) is 11.8 Å². The third-order valence-corrected chi connectivity index (χ3v) is 7.02. The predicted molar refractivity (Wildman–Crippen MR) is 123 cm³/mol. The van der Waals surface area contributed by atoms with Gasteiger partial charge in [0.1, 0.15) is 5.82 Å². The van der Waals surface area contributed by atoms with Gasteiger partial charge in [0.25, 0.3) is 5.56 Å². The highest BCUT2D eigenvalue weighted by molar-refractivity contribution is 7.99. The average Bonchev–Trinajstić information content (AvgIpc) is 2.72. The first-order valence-electron chi connectivity index (χ1n) is 10.5. The molecule has 0 saturated carbocycles. The molecule has 2 heterocycles. The Morgan fingerprint density at radius 1 is 1.20 bits per heavy atom. The van der Waals surface area contributed by atoms with Crippen molar-refractivity contribution in [2.75, 3.05) is 24.3 Å². The van der Waals surface area contributed by atoms with Gasteiger partial charge in [-0.25, -0.2) is 4.98 Å². The number of carbonyl (C=O) groups excluding carboxylic acids is 1. The number of carbonyl (C=O) groups is 1. The molecule has 7 heteroatoms. The number of nitrogens with zero attached hydrogens (tertiary/aromatic N) is 2. The molecule has 158 valence electrons. The van der Waals surface area contributed by atoms with Crippen LogP contribution in [-0.2, 0) is 4.79 Å². The van der Waals surface area contributed by atoms with E-state index in [0.717, 1.165) is 41.8 Å². The van der Waals surface area contributed by atoms with Crippen molar-refractivity contribution < 1.29 is 4.79 Å². The van der Waals surface area contributed by atoms with Crippen LogP contribution < -0.4 is 15.8 Å². The first-order chi connectivity index (χ1) is 14.4. The van der Waals surface area contributed by atoms with E-state index >= 15 is 0 Å². The molecule has 0 unspecified atom stereocenters. The number of fused-ring (bicyclic) bond motifs is 1. The zero-order valence-corrected chi connectivity index (χ0v) is 18.7. The van der Waals surface area contributed by atoms with Crippen molar-refractivity contribution in [1.82, 2.24) is 9.97 Å². The lowest BCUT2D eigenvalue weighted by molar-refractivity contribution is -0.116. The summed E-state index contributed by atoms with van der Waals surface area (Å²) in [7, 11) is 3.98. The van der Waals surface area contributed by atoms with E-state index in [1.165, 1.54) is 0 Å². The maximum absolute atomic E-state index is 13.2. The quantitative estimate of drug-likeness (QED) is 0.551. The maximum atomic E-state index is 13.2. The summed E-state index contributed by atoms with van der Waals surface area (Å²) in [6.45, 7) is 4.23. The Bertz CT molecular complexity index is 1060. The molecule has 30 heavy (non-hydrogen) atoms. The second-order valence-electron chi connectivity index (χ2n) is 8.18. The number of ketones is 1. The number of aromatic nitrogens is 2. The minimum absolute atomic E-state index is 0.119. The number of Topliss-reactive ketones (excluding diaryl/α,β-unsaturated/α-hetero) is 1. The van der Waals surface area contributed by atoms with Crippen LogP contribution in [0.1, 0.15) is 56.6 Å². The Kier molecular flexibility index (Phi) is 5.73. The Morgan fingerprint density at radius 3 is 2.60 bits per heavy atom. The number of thioether (sulfide) groups is 1.